The third-order valence-corrected chi connectivity index (χ3v) is 4.81. The molecular formula is C22H29N3O2. The Bertz CT molecular complexity index is 863. The van der Waals surface area contributed by atoms with E-state index in [1.807, 2.05) is 49.9 Å². The number of aliphatic hydroxyl groups is 1. The van der Waals surface area contributed by atoms with E-state index in [9.17, 15) is 9.90 Å². The number of rotatable bonds is 8. The molecule has 3 aromatic rings. The molecule has 5 heteroatoms. The van der Waals surface area contributed by atoms with Gasteiger partial charge in [0.15, 0.2) is 0 Å². The van der Waals surface area contributed by atoms with Crippen LogP contribution in [0, 0.1) is 0 Å². The molecule has 3 rings (SSSR count). The summed E-state index contributed by atoms with van der Waals surface area (Å²) in [7, 11) is 0. The number of amides is 1. The SMILES string of the molecule is CCN(CC(=O)NC(C)C)CC(O)Cn1c2ccccc2c2ccccc21. The molecule has 1 amide bonds. The fraction of sp³-hybridized carbons (Fsp3) is 0.409. The zero-order valence-electron chi connectivity index (χ0n) is 16.4. The van der Waals surface area contributed by atoms with Crippen molar-refractivity contribution in [3.8, 4) is 0 Å². The van der Waals surface area contributed by atoms with E-state index in [4.69, 9.17) is 0 Å². The Balaban J connectivity index is 1.77. The summed E-state index contributed by atoms with van der Waals surface area (Å²) in [4.78, 5) is 14.0. The van der Waals surface area contributed by atoms with E-state index < -0.39 is 6.10 Å². The summed E-state index contributed by atoms with van der Waals surface area (Å²) in [6.07, 6.45) is -0.559. The predicted octanol–water partition coefficient (Wildman–Crippen LogP) is 3.00. The van der Waals surface area contributed by atoms with E-state index in [0.29, 0.717) is 19.6 Å². The van der Waals surface area contributed by atoms with Crippen molar-refractivity contribution in [2.75, 3.05) is 19.6 Å². The van der Waals surface area contributed by atoms with Crippen LogP contribution in [0.25, 0.3) is 21.8 Å². The first-order chi connectivity index (χ1) is 13.0. The van der Waals surface area contributed by atoms with E-state index >= 15 is 0 Å². The summed E-state index contributed by atoms with van der Waals surface area (Å²) < 4.78 is 2.18. The van der Waals surface area contributed by atoms with E-state index in [2.05, 4.69) is 34.1 Å². The van der Waals surface area contributed by atoms with Crippen LogP contribution in [0.4, 0.5) is 0 Å². The van der Waals surface area contributed by atoms with Crippen LogP contribution in [-0.4, -0.2) is 52.3 Å². The van der Waals surface area contributed by atoms with E-state index in [1.165, 1.54) is 10.8 Å². The van der Waals surface area contributed by atoms with Gasteiger partial charge in [-0.2, -0.15) is 0 Å². The van der Waals surface area contributed by atoms with Crippen molar-refractivity contribution in [2.24, 2.45) is 0 Å². The fourth-order valence-corrected chi connectivity index (χ4v) is 3.64. The van der Waals surface area contributed by atoms with Crippen molar-refractivity contribution in [1.82, 2.24) is 14.8 Å². The van der Waals surface area contributed by atoms with Gasteiger partial charge in [-0.25, -0.2) is 0 Å². The lowest BCUT2D eigenvalue weighted by molar-refractivity contribution is -0.123. The first-order valence-corrected chi connectivity index (χ1v) is 9.65. The maximum absolute atomic E-state index is 12.0. The van der Waals surface area contributed by atoms with Gasteiger partial charge in [-0.05, 0) is 32.5 Å². The summed E-state index contributed by atoms with van der Waals surface area (Å²) in [6, 6.07) is 16.7. The van der Waals surface area contributed by atoms with Crippen LogP contribution in [0.3, 0.4) is 0 Å². The lowest BCUT2D eigenvalue weighted by Gasteiger charge is -2.24. The number of aromatic nitrogens is 1. The molecule has 0 fully saturated rings. The molecule has 0 radical (unpaired) electrons. The second-order valence-electron chi connectivity index (χ2n) is 7.35. The van der Waals surface area contributed by atoms with E-state index in [0.717, 1.165) is 17.6 Å². The summed E-state index contributed by atoms with van der Waals surface area (Å²) in [6.45, 7) is 7.89. The van der Waals surface area contributed by atoms with Crippen LogP contribution in [0.5, 0.6) is 0 Å². The van der Waals surface area contributed by atoms with Gasteiger partial charge in [0.1, 0.15) is 0 Å². The number of aliphatic hydroxyl groups excluding tert-OH is 1. The molecule has 0 aliphatic rings. The Kier molecular flexibility index (Phi) is 6.14. The molecule has 0 aliphatic carbocycles. The number of hydrogen-bond donors (Lipinski definition) is 2. The highest BCUT2D eigenvalue weighted by atomic mass is 16.3. The lowest BCUT2D eigenvalue weighted by atomic mass is 10.2. The monoisotopic (exact) mass is 367 g/mol. The van der Waals surface area contributed by atoms with Gasteiger partial charge in [-0.1, -0.05) is 43.3 Å². The minimum atomic E-state index is -0.559. The summed E-state index contributed by atoms with van der Waals surface area (Å²) in [5.74, 6) is -0.00378. The highest BCUT2D eigenvalue weighted by molar-refractivity contribution is 6.07. The van der Waals surface area contributed by atoms with Crippen molar-refractivity contribution >= 4 is 27.7 Å². The number of nitrogens with one attached hydrogen (secondary N) is 1. The molecule has 1 aromatic heterocycles. The molecule has 27 heavy (non-hydrogen) atoms. The number of nitrogens with zero attached hydrogens (tertiary/aromatic N) is 2. The molecule has 2 aromatic carbocycles. The zero-order valence-corrected chi connectivity index (χ0v) is 16.4. The maximum Gasteiger partial charge on any atom is 0.234 e. The summed E-state index contributed by atoms with van der Waals surface area (Å²) in [5, 5.41) is 16.0. The van der Waals surface area contributed by atoms with Crippen LogP contribution in [0.2, 0.25) is 0 Å². The Hall–Kier alpha value is -2.37. The van der Waals surface area contributed by atoms with E-state index in [1.54, 1.807) is 0 Å². The molecule has 0 bridgehead atoms. The molecular weight excluding hydrogens is 338 g/mol. The molecule has 1 unspecified atom stereocenters. The first-order valence-electron chi connectivity index (χ1n) is 9.65. The van der Waals surface area contributed by atoms with Gasteiger partial charge in [0, 0.05) is 34.4 Å². The van der Waals surface area contributed by atoms with Gasteiger partial charge in [0.05, 0.1) is 19.2 Å². The lowest BCUT2D eigenvalue weighted by Crippen LogP contribution is -2.43. The van der Waals surface area contributed by atoms with E-state index in [-0.39, 0.29) is 11.9 Å². The zero-order chi connectivity index (χ0) is 19.4. The third kappa shape index (κ3) is 4.49. The molecule has 0 saturated carbocycles. The standard InChI is InChI=1S/C22H29N3O2/c1-4-24(15-22(27)23-16(2)3)13-17(26)14-25-20-11-7-5-9-18(20)19-10-6-8-12-21(19)25/h5-12,16-17,26H,4,13-15H2,1-3H3,(H,23,27). The Labute approximate surface area is 160 Å². The number of benzene rings is 2. The number of carbonyl (C=O) groups is 1. The van der Waals surface area contributed by atoms with Crippen LogP contribution in [0.1, 0.15) is 20.8 Å². The Morgan fingerprint density at radius 3 is 2.15 bits per heavy atom. The molecule has 144 valence electrons. The van der Waals surface area contributed by atoms with Crippen molar-refractivity contribution in [3.05, 3.63) is 48.5 Å². The number of likely N-dealkylation sites (N-methyl/N-ethyl adjacent to an activating group) is 1. The van der Waals surface area contributed by atoms with Gasteiger partial charge < -0.3 is 15.0 Å². The number of hydrogen-bond acceptors (Lipinski definition) is 3. The molecule has 1 atom stereocenters. The molecule has 0 aliphatic heterocycles. The Morgan fingerprint density at radius 1 is 1.07 bits per heavy atom. The normalized spacial score (nSPS) is 13.0. The molecule has 1 heterocycles. The molecule has 5 nitrogen and oxygen atoms in total. The molecule has 0 saturated heterocycles. The van der Waals surface area contributed by atoms with Crippen LogP contribution in [0.15, 0.2) is 48.5 Å². The highest BCUT2D eigenvalue weighted by Gasteiger charge is 2.17. The second kappa shape index (κ2) is 8.55. The van der Waals surface area contributed by atoms with Crippen molar-refractivity contribution in [2.45, 2.75) is 39.5 Å². The predicted molar refractivity (Wildman–Crippen MR) is 111 cm³/mol. The van der Waals surface area contributed by atoms with Crippen molar-refractivity contribution in [3.63, 3.8) is 0 Å². The third-order valence-electron chi connectivity index (χ3n) is 4.81. The van der Waals surface area contributed by atoms with Crippen molar-refractivity contribution < 1.29 is 9.90 Å². The van der Waals surface area contributed by atoms with Gasteiger partial charge in [-0.3, -0.25) is 9.69 Å². The summed E-state index contributed by atoms with van der Waals surface area (Å²) >= 11 is 0. The highest BCUT2D eigenvalue weighted by Crippen LogP contribution is 2.28. The largest absolute Gasteiger partial charge is 0.390 e. The van der Waals surface area contributed by atoms with Crippen LogP contribution >= 0.6 is 0 Å². The minimum absolute atomic E-state index is 0.00378. The van der Waals surface area contributed by atoms with Crippen LogP contribution in [-0.2, 0) is 11.3 Å². The van der Waals surface area contributed by atoms with Gasteiger partial charge in [0.2, 0.25) is 5.91 Å². The number of para-hydroxylation sites is 2. The topological polar surface area (TPSA) is 57.5 Å². The Morgan fingerprint density at radius 2 is 1.63 bits per heavy atom. The smallest absolute Gasteiger partial charge is 0.234 e. The first kappa shape index (κ1) is 19.4. The maximum atomic E-state index is 12.0. The van der Waals surface area contributed by atoms with Gasteiger partial charge >= 0.3 is 0 Å². The molecule has 2 N–H and O–H groups in total. The average molecular weight is 367 g/mol. The quantitative estimate of drug-likeness (QED) is 0.643. The van der Waals surface area contributed by atoms with Crippen LogP contribution < -0.4 is 5.32 Å². The number of fused-ring (bicyclic) bond motifs is 3. The second-order valence-corrected chi connectivity index (χ2v) is 7.35. The van der Waals surface area contributed by atoms with Crippen molar-refractivity contribution in [1.29, 1.82) is 0 Å². The minimum Gasteiger partial charge on any atom is -0.390 e. The average Bonchev–Trinajstić information content (AvgIpc) is 2.95. The molecule has 0 spiro atoms. The summed E-state index contributed by atoms with van der Waals surface area (Å²) in [5.41, 5.74) is 2.25. The fourth-order valence-electron chi connectivity index (χ4n) is 3.64. The number of carbonyl (C=O) groups excluding carboxylic acids is 1. The van der Waals surface area contributed by atoms with Gasteiger partial charge in [-0.15, -0.1) is 0 Å². The van der Waals surface area contributed by atoms with Gasteiger partial charge in [0.25, 0.3) is 0 Å².